The number of aromatic nitrogens is 1. The van der Waals surface area contributed by atoms with E-state index >= 15 is 0 Å². The molecule has 0 bridgehead atoms. The third-order valence-electron chi connectivity index (χ3n) is 6.14. The monoisotopic (exact) mass is 382 g/mol. The van der Waals surface area contributed by atoms with Crippen molar-refractivity contribution in [3.8, 4) is 0 Å². The predicted molar refractivity (Wildman–Crippen MR) is 106 cm³/mol. The first-order valence-corrected chi connectivity index (χ1v) is 9.84. The van der Waals surface area contributed by atoms with Gasteiger partial charge in [0, 0.05) is 31.0 Å². The second kappa shape index (κ2) is 6.96. The van der Waals surface area contributed by atoms with Crippen LogP contribution in [0.4, 0.5) is 0 Å². The van der Waals surface area contributed by atoms with Crippen molar-refractivity contribution >= 4 is 28.6 Å². The molecule has 1 aromatic heterocycles. The van der Waals surface area contributed by atoms with Crippen LogP contribution < -0.4 is 5.32 Å². The maximum atomic E-state index is 13.0. The van der Waals surface area contributed by atoms with Crippen LogP contribution >= 0.6 is 0 Å². The van der Waals surface area contributed by atoms with E-state index in [2.05, 4.69) is 5.32 Å². The average Bonchev–Trinajstić information content (AvgIpc) is 3.09. The van der Waals surface area contributed by atoms with Gasteiger partial charge in [0.1, 0.15) is 11.2 Å². The standard InChI is InChI=1S/C21H26N4O3/c1-21(20(28)22-13-18(26)24-10-6-3-7-11-24)14-25-16-9-5-4-8-15(16)12-17(25)19(27)23(21)2/h4-5,8-9,12H,3,6-7,10-11,13-14H2,1-2H3,(H,22,28). The number of hydrogen-bond acceptors (Lipinski definition) is 3. The molecule has 2 aliphatic rings. The zero-order valence-electron chi connectivity index (χ0n) is 16.4. The number of carbonyl (C=O) groups is 3. The number of hydrogen-bond donors (Lipinski definition) is 1. The fourth-order valence-electron chi connectivity index (χ4n) is 4.19. The summed E-state index contributed by atoms with van der Waals surface area (Å²) in [5.74, 6) is -0.562. The van der Waals surface area contributed by atoms with Crippen LogP contribution in [0.1, 0.15) is 36.7 Å². The third-order valence-corrected chi connectivity index (χ3v) is 6.14. The lowest BCUT2D eigenvalue weighted by Gasteiger charge is -2.42. The van der Waals surface area contributed by atoms with Crippen LogP contribution in [0.3, 0.4) is 0 Å². The highest BCUT2D eigenvalue weighted by Crippen LogP contribution is 2.31. The molecule has 0 aliphatic carbocycles. The summed E-state index contributed by atoms with van der Waals surface area (Å²) in [6, 6.07) is 9.64. The van der Waals surface area contributed by atoms with Crippen molar-refractivity contribution in [3.05, 3.63) is 36.0 Å². The van der Waals surface area contributed by atoms with Gasteiger partial charge >= 0.3 is 0 Å². The second-order valence-corrected chi connectivity index (χ2v) is 7.94. The van der Waals surface area contributed by atoms with Crippen molar-refractivity contribution < 1.29 is 14.4 Å². The van der Waals surface area contributed by atoms with Crippen LogP contribution in [0, 0.1) is 0 Å². The Morgan fingerprint density at radius 2 is 1.86 bits per heavy atom. The van der Waals surface area contributed by atoms with Gasteiger partial charge in [-0.2, -0.15) is 0 Å². The molecule has 7 nitrogen and oxygen atoms in total. The summed E-state index contributed by atoms with van der Waals surface area (Å²) >= 11 is 0. The van der Waals surface area contributed by atoms with Crippen molar-refractivity contribution in [2.24, 2.45) is 0 Å². The van der Waals surface area contributed by atoms with Crippen LogP contribution in [0.5, 0.6) is 0 Å². The highest BCUT2D eigenvalue weighted by atomic mass is 16.2. The number of rotatable bonds is 3. The van der Waals surface area contributed by atoms with E-state index in [-0.39, 0.29) is 24.3 Å². The second-order valence-electron chi connectivity index (χ2n) is 7.94. The molecule has 1 aromatic carbocycles. The van der Waals surface area contributed by atoms with Gasteiger partial charge in [-0.15, -0.1) is 0 Å². The zero-order valence-corrected chi connectivity index (χ0v) is 16.4. The van der Waals surface area contributed by atoms with Gasteiger partial charge in [0.25, 0.3) is 5.91 Å². The number of para-hydroxylation sites is 1. The smallest absolute Gasteiger partial charge is 0.271 e. The van der Waals surface area contributed by atoms with Gasteiger partial charge in [-0.25, -0.2) is 0 Å². The van der Waals surface area contributed by atoms with Crippen LogP contribution in [0.15, 0.2) is 30.3 Å². The molecule has 2 aliphatic heterocycles. The van der Waals surface area contributed by atoms with Crippen molar-refractivity contribution in [1.82, 2.24) is 19.7 Å². The molecule has 1 atom stereocenters. The molecule has 0 saturated carbocycles. The van der Waals surface area contributed by atoms with Gasteiger partial charge < -0.3 is 19.7 Å². The van der Waals surface area contributed by atoms with Crippen molar-refractivity contribution in [3.63, 3.8) is 0 Å². The molecule has 1 fully saturated rings. The first kappa shape index (κ1) is 18.5. The van der Waals surface area contributed by atoms with Crippen molar-refractivity contribution in [2.75, 3.05) is 26.7 Å². The van der Waals surface area contributed by atoms with Crippen LogP contribution in [0.2, 0.25) is 0 Å². The lowest BCUT2D eigenvalue weighted by Crippen LogP contribution is -2.63. The Morgan fingerprint density at radius 3 is 2.61 bits per heavy atom. The van der Waals surface area contributed by atoms with E-state index in [1.54, 1.807) is 18.9 Å². The number of fused-ring (bicyclic) bond motifs is 3. The molecular weight excluding hydrogens is 356 g/mol. The molecule has 148 valence electrons. The van der Waals surface area contributed by atoms with E-state index < -0.39 is 5.54 Å². The summed E-state index contributed by atoms with van der Waals surface area (Å²) in [7, 11) is 1.65. The SMILES string of the molecule is CN1C(=O)c2cc3ccccc3n2CC1(C)C(=O)NCC(=O)N1CCCCC1. The molecule has 1 unspecified atom stereocenters. The summed E-state index contributed by atoms with van der Waals surface area (Å²) < 4.78 is 1.91. The fraction of sp³-hybridized carbons (Fsp3) is 0.476. The van der Waals surface area contributed by atoms with Crippen LogP contribution in [-0.2, 0) is 16.1 Å². The predicted octanol–water partition coefficient (Wildman–Crippen LogP) is 1.61. The van der Waals surface area contributed by atoms with Gasteiger partial charge in [0.2, 0.25) is 11.8 Å². The van der Waals surface area contributed by atoms with E-state index in [1.165, 1.54) is 4.90 Å². The minimum atomic E-state index is -1.06. The minimum Gasteiger partial charge on any atom is -0.345 e. The largest absolute Gasteiger partial charge is 0.345 e. The highest BCUT2D eigenvalue weighted by molar-refractivity contribution is 6.03. The summed E-state index contributed by atoms with van der Waals surface area (Å²) in [4.78, 5) is 41.7. The molecule has 7 heteroatoms. The Morgan fingerprint density at radius 1 is 1.14 bits per heavy atom. The van der Waals surface area contributed by atoms with Gasteiger partial charge in [-0.1, -0.05) is 18.2 Å². The normalized spacial score (nSPS) is 22.3. The Kier molecular flexibility index (Phi) is 4.61. The fourth-order valence-corrected chi connectivity index (χ4v) is 4.19. The van der Waals surface area contributed by atoms with Gasteiger partial charge in [0.05, 0.1) is 13.1 Å². The van der Waals surface area contributed by atoms with Gasteiger partial charge in [-0.05, 0) is 38.3 Å². The molecule has 2 aromatic rings. The molecule has 0 radical (unpaired) electrons. The Balaban J connectivity index is 1.54. The van der Waals surface area contributed by atoms with Crippen LogP contribution in [0.25, 0.3) is 10.9 Å². The molecule has 3 amide bonds. The minimum absolute atomic E-state index is 0.0320. The number of nitrogens with one attached hydrogen (secondary N) is 1. The van der Waals surface area contributed by atoms with E-state index in [4.69, 9.17) is 0 Å². The maximum absolute atomic E-state index is 13.0. The molecule has 1 N–H and O–H groups in total. The number of amides is 3. The van der Waals surface area contributed by atoms with Crippen molar-refractivity contribution in [1.29, 1.82) is 0 Å². The van der Waals surface area contributed by atoms with E-state index in [0.717, 1.165) is 43.3 Å². The number of nitrogens with zero attached hydrogens (tertiary/aromatic N) is 3. The van der Waals surface area contributed by atoms with Gasteiger partial charge in [-0.3, -0.25) is 14.4 Å². The first-order chi connectivity index (χ1) is 13.4. The Bertz CT molecular complexity index is 944. The van der Waals surface area contributed by atoms with Gasteiger partial charge in [0.15, 0.2) is 0 Å². The number of carbonyl (C=O) groups excluding carboxylic acids is 3. The third kappa shape index (κ3) is 2.95. The number of likely N-dealkylation sites (N-methyl/N-ethyl adjacent to an activating group) is 1. The number of likely N-dealkylation sites (tertiary alicyclic amines) is 1. The van der Waals surface area contributed by atoms with Crippen LogP contribution in [-0.4, -0.2) is 64.3 Å². The summed E-state index contributed by atoms with van der Waals surface area (Å²) in [5.41, 5.74) is 0.453. The lowest BCUT2D eigenvalue weighted by molar-refractivity contribution is -0.137. The Hall–Kier alpha value is -2.83. The molecular formula is C21H26N4O3. The molecule has 28 heavy (non-hydrogen) atoms. The molecule has 3 heterocycles. The lowest BCUT2D eigenvalue weighted by atomic mass is 9.95. The zero-order chi connectivity index (χ0) is 19.9. The summed E-state index contributed by atoms with van der Waals surface area (Å²) in [5, 5.41) is 3.75. The average molecular weight is 382 g/mol. The van der Waals surface area contributed by atoms with E-state index in [1.807, 2.05) is 34.9 Å². The number of benzene rings is 1. The quantitative estimate of drug-likeness (QED) is 0.877. The topological polar surface area (TPSA) is 74.6 Å². The summed E-state index contributed by atoms with van der Waals surface area (Å²) in [6.07, 6.45) is 3.17. The first-order valence-electron chi connectivity index (χ1n) is 9.84. The maximum Gasteiger partial charge on any atom is 0.271 e. The summed E-state index contributed by atoms with van der Waals surface area (Å²) in [6.45, 7) is 3.58. The Labute approximate surface area is 164 Å². The van der Waals surface area contributed by atoms with E-state index in [9.17, 15) is 14.4 Å². The molecule has 1 saturated heterocycles. The molecule has 0 spiro atoms. The van der Waals surface area contributed by atoms with E-state index in [0.29, 0.717) is 12.2 Å². The number of piperidine rings is 1. The van der Waals surface area contributed by atoms with Crippen molar-refractivity contribution in [2.45, 2.75) is 38.3 Å². The highest BCUT2D eigenvalue weighted by Gasteiger charge is 2.45. The molecule has 4 rings (SSSR count).